The van der Waals surface area contributed by atoms with Gasteiger partial charge in [0.2, 0.25) is 0 Å². The fraction of sp³-hybridized carbons (Fsp3) is 0.889. The summed E-state index contributed by atoms with van der Waals surface area (Å²) in [7, 11) is 0. The van der Waals surface area contributed by atoms with Crippen LogP contribution in [0.15, 0.2) is 0 Å². The molecule has 0 aromatic carbocycles. The summed E-state index contributed by atoms with van der Waals surface area (Å²) in [4.78, 5) is 5.36. The van der Waals surface area contributed by atoms with Crippen LogP contribution in [0.2, 0.25) is 0 Å². The zero-order valence-electron chi connectivity index (χ0n) is 8.94. The SMILES string of the molecule is CC1=[N+]([O-])[C@@]2(C)C[C@](C)(O)ON2[C@@H]1C. The van der Waals surface area contributed by atoms with Gasteiger partial charge in [-0.3, -0.25) is 4.84 Å². The number of hydrogen-bond donors (Lipinski definition) is 1. The molecular weight excluding hydrogens is 184 g/mol. The molecule has 3 atom stereocenters. The summed E-state index contributed by atoms with van der Waals surface area (Å²) in [6, 6.07) is -0.0773. The first-order valence-corrected chi connectivity index (χ1v) is 4.80. The lowest BCUT2D eigenvalue weighted by Gasteiger charge is -2.23. The van der Waals surface area contributed by atoms with E-state index in [1.807, 2.05) is 6.92 Å². The van der Waals surface area contributed by atoms with E-state index in [1.165, 1.54) is 0 Å². The lowest BCUT2D eigenvalue weighted by molar-refractivity contribution is -0.572. The molecule has 80 valence electrons. The van der Waals surface area contributed by atoms with Crippen LogP contribution in [0.1, 0.15) is 34.1 Å². The van der Waals surface area contributed by atoms with Crippen LogP contribution in [0.3, 0.4) is 0 Å². The molecule has 0 bridgehead atoms. The van der Waals surface area contributed by atoms with Gasteiger partial charge in [0.05, 0.1) is 6.42 Å². The van der Waals surface area contributed by atoms with E-state index in [0.717, 1.165) is 10.5 Å². The maximum atomic E-state index is 11.9. The summed E-state index contributed by atoms with van der Waals surface area (Å²) in [6.07, 6.45) is 0.297. The minimum atomic E-state index is -1.23. The predicted molar refractivity (Wildman–Crippen MR) is 50.3 cm³/mol. The number of hydroxylamine groups is 3. The molecule has 1 fully saturated rings. The highest BCUT2D eigenvalue weighted by Crippen LogP contribution is 2.42. The first kappa shape index (κ1) is 9.89. The van der Waals surface area contributed by atoms with Crippen LogP contribution in [0.4, 0.5) is 0 Å². The van der Waals surface area contributed by atoms with Crippen LogP contribution in [0, 0.1) is 5.21 Å². The van der Waals surface area contributed by atoms with Crippen molar-refractivity contribution in [2.45, 2.75) is 51.6 Å². The van der Waals surface area contributed by atoms with E-state index in [4.69, 9.17) is 4.84 Å². The van der Waals surface area contributed by atoms with Crippen LogP contribution in [-0.2, 0) is 4.84 Å². The molecule has 0 spiro atoms. The molecule has 2 aliphatic rings. The van der Waals surface area contributed by atoms with Gasteiger partial charge in [0.25, 0.3) is 5.66 Å². The van der Waals surface area contributed by atoms with Gasteiger partial charge in [-0.25, -0.2) is 0 Å². The quantitative estimate of drug-likeness (QED) is 0.455. The van der Waals surface area contributed by atoms with Crippen molar-refractivity contribution in [3.8, 4) is 0 Å². The van der Waals surface area contributed by atoms with Crippen molar-refractivity contribution >= 4 is 5.71 Å². The molecule has 0 amide bonds. The molecule has 2 heterocycles. The second-order valence-electron chi connectivity index (χ2n) is 4.60. The molecule has 14 heavy (non-hydrogen) atoms. The van der Waals surface area contributed by atoms with Crippen molar-refractivity contribution in [1.82, 2.24) is 5.06 Å². The third-order valence-electron chi connectivity index (χ3n) is 3.15. The summed E-state index contributed by atoms with van der Waals surface area (Å²) >= 11 is 0. The first-order valence-electron chi connectivity index (χ1n) is 4.80. The van der Waals surface area contributed by atoms with Gasteiger partial charge in [0, 0.05) is 13.8 Å². The molecule has 0 saturated carbocycles. The third-order valence-corrected chi connectivity index (χ3v) is 3.15. The van der Waals surface area contributed by atoms with Gasteiger partial charge in [-0.2, -0.15) is 4.74 Å². The molecule has 0 unspecified atom stereocenters. The maximum Gasteiger partial charge on any atom is 0.253 e. The smallest absolute Gasteiger partial charge is 0.253 e. The second-order valence-corrected chi connectivity index (χ2v) is 4.60. The molecule has 0 aromatic heterocycles. The zero-order chi connectivity index (χ0) is 10.7. The van der Waals surface area contributed by atoms with Gasteiger partial charge < -0.3 is 10.3 Å². The lowest BCUT2D eigenvalue weighted by Crippen LogP contribution is -2.44. The van der Waals surface area contributed by atoms with Crippen LogP contribution in [0.25, 0.3) is 0 Å². The minimum Gasteiger partial charge on any atom is -0.622 e. The summed E-state index contributed by atoms with van der Waals surface area (Å²) < 4.78 is 0.944. The number of hydrogen-bond acceptors (Lipinski definition) is 4. The standard InChI is InChI=1S/C9H16N2O3/c1-6-7(2)11-8(3,10(6)13)5-9(4,12)14-11/h7,12H,5H2,1-4H3/t7-,8-,9-/m1/s1. The zero-order valence-corrected chi connectivity index (χ0v) is 8.94. The molecule has 1 N–H and O–H groups in total. The van der Waals surface area contributed by atoms with E-state index in [9.17, 15) is 10.3 Å². The van der Waals surface area contributed by atoms with E-state index in [-0.39, 0.29) is 6.04 Å². The normalized spacial score (nSPS) is 48.8. The van der Waals surface area contributed by atoms with Crippen LogP contribution >= 0.6 is 0 Å². The molecule has 5 nitrogen and oxygen atoms in total. The third kappa shape index (κ3) is 1.03. The molecule has 2 rings (SSSR count). The number of fused-ring (bicyclic) bond motifs is 1. The average Bonchev–Trinajstić information content (AvgIpc) is 2.39. The molecule has 0 aromatic rings. The highest BCUT2D eigenvalue weighted by Gasteiger charge is 2.62. The lowest BCUT2D eigenvalue weighted by atomic mass is 10.1. The number of rotatable bonds is 0. The highest BCUT2D eigenvalue weighted by molar-refractivity contribution is 5.83. The van der Waals surface area contributed by atoms with Gasteiger partial charge in [-0.15, -0.1) is 5.06 Å². The van der Waals surface area contributed by atoms with Crippen LogP contribution in [0.5, 0.6) is 0 Å². The second kappa shape index (κ2) is 2.48. The predicted octanol–water partition coefficient (Wildman–Crippen LogP) is 0.422. The highest BCUT2D eigenvalue weighted by atomic mass is 16.8. The van der Waals surface area contributed by atoms with Crippen molar-refractivity contribution in [2.24, 2.45) is 0 Å². The number of nitrogens with zero attached hydrogens (tertiary/aromatic N) is 2. The monoisotopic (exact) mass is 200 g/mol. The summed E-state index contributed by atoms with van der Waals surface area (Å²) in [5.41, 5.74) is -0.0319. The topological polar surface area (TPSA) is 58.8 Å². The minimum absolute atomic E-state index is 0.0773. The van der Waals surface area contributed by atoms with Gasteiger partial charge in [-0.05, 0) is 13.8 Å². The summed E-state index contributed by atoms with van der Waals surface area (Å²) in [5, 5.41) is 23.2. The van der Waals surface area contributed by atoms with Gasteiger partial charge in [0.15, 0.2) is 11.5 Å². The Bertz CT molecular complexity index is 313. The van der Waals surface area contributed by atoms with Crippen LogP contribution < -0.4 is 0 Å². The number of aliphatic hydroxyl groups is 1. The molecule has 5 heteroatoms. The van der Waals surface area contributed by atoms with E-state index < -0.39 is 11.4 Å². The Kier molecular flexibility index (Phi) is 1.75. The van der Waals surface area contributed by atoms with Crippen molar-refractivity contribution in [2.75, 3.05) is 0 Å². The Labute approximate surface area is 83.1 Å². The molecule has 2 aliphatic heterocycles. The fourth-order valence-corrected chi connectivity index (χ4v) is 2.42. The first-order chi connectivity index (χ1) is 6.28. The van der Waals surface area contributed by atoms with E-state index in [1.54, 1.807) is 25.8 Å². The molecular formula is C9H16N2O3. The fourth-order valence-electron chi connectivity index (χ4n) is 2.42. The van der Waals surface area contributed by atoms with Crippen molar-refractivity contribution in [1.29, 1.82) is 0 Å². The van der Waals surface area contributed by atoms with E-state index in [2.05, 4.69) is 0 Å². The summed E-state index contributed by atoms with van der Waals surface area (Å²) in [5.74, 6) is -1.23. The average molecular weight is 200 g/mol. The Balaban J connectivity index is 2.42. The summed E-state index contributed by atoms with van der Waals surface area (Å²) in [6.45, 7) is 7.05. The largest absolute Gasteiger partial charge is 0.622 e. The van der Waals surface area contributed by atoms with E-state index >= 15 is 0 Å². The van der Waals surface area contributed by atoms with Crippen molar-refractivity contribution in [3.05, 3.63) is 5.21 Å². The van der Waals surface area contributed by atoms with Gasteiger partial charge in [0.1, 0.15) is 6.04 Å². The molecule has 0 aliphatic carbocycles. The molecule has 1 saturated heterocycles. The van der Waals surface area contributed by atoms with Crippen molar-refractivity contribution in [3.63, 3.8) is 0 Å². The Morgan fingerprint density at radius 2 is 2.21 bits per heavy atom. The molecule has 0 radical (unpaired) electrons. The van der Waals surface area contributed by atoms with Gasteiger partial charge in [-0.1, -0.05) is 0 Å². The maximum absolute atomic E-state index is 11.9. The van der Waals surface area contributed by atoms with Crippen LogP contribution in [-0.4, -0.2) is 38.1 Å². The Morgan fingerprint density at radius 3 is 2.71 bits per heavy atom. The Morgan fingerprint density at radius 1 is 1.64 bits per heavy atom. The van der Waals surface area contributed by atoms with Crippen molar-refractivity contribution < 1.29 is 14.7 Å². The van der Waals surface area contributed by atoms with Gasteiger partial charge >= 0.3 is 0 Å². The van der Waals surface area contributed by atoms with E-state index in [0.29, 0.717) is 6.42 Å². The Hall–Kier alpha value is -0.650.